The van der Waals surface area contributed by atoms with Crippen molar-refractivity contribution >= 4 is 28.3 Å². The number of aryl methyl sites for hydroxylation is 1. The van der Waals surface area contributed by atoms with E-state index in [4.69, 9.17) is 9.84 Å². The molecule has 1 amide bonds. The molecule has 1 aromatic carbocycles. The summed E-state index contributed by atoms with van der Waals surface area (Å²) in [6, 6.07) is 9.67. The van der Waals surface area contributed by atoms with Gasteiger partial charge in [-0.1, -0.05) is 0 Å². The number of aromatic amines is 1. The van der Waals surface area contributed by atoms with Crippen LogP contribution in [0.4, 0.5) is 11.5 Å². The molecule has 3 atom stereocenters. The summed E-state index contributed by atoms with van der Waals surface area (Å²) in [5.74, 6) is 0.894. The van der Waals surface area contributed by atoms with Crippen LogP contribution in [-0.4, -0.2) is 50.9 Å². The fraction of sp³-hybridized carbons (Fsp3) is 0.462. The number of pyridine rings is 1. The smallest absolute Gasteiger partial charge is 0.261 e. The third kappa shape index (κ3) is 3.98. The Hall–Kier alpha value is -3.64. The minimum Gasteiger partial charge on any atom is -0.371 e. The third-order valence-corrected chi connectivity index (χ3v) is 7.46. The summed E-state index contributed by atoms with van der Waals surface area (Å²) in [4.78, 5) is 30.6. The van der Waals surface area contributed by atoms with Crippen molar-refractivity contribution in [3.63, 3.8) is 0 Å². The molecule has 0 radical (unpaired) electrons. The maximum Gasteiger partial charge on any atom is 0.261 e. The Bertz CT molecular complexity index is 1390. The molecule has 1 saturated carbocycles. The third-order valence-electron chi connectivity index (χ3n) is 7.46. The Kier molecular flexibility index (Phi) is 5.33. The van der Waals surface area contributed by atoms with E-state index in [0.29, 0.717) is 47.7 Å². The Morgan fingerprint density at radius 2 is 2.03 bits per heavy atom. The summed E-state index contributed by atoms with van der Waals surface area (Å²) >= 11 is 0. The number of hydrogen-bond acceptors (Lipinski definition) is 6. The zero-order chi connectivity index (χ0) is 24.1. The highest BCUT2D eigenvalue weighted by molar-refractivity contribution is 5.97. The zero-order valence-corrected chi connectivity index (χ0v) is 19.7. The lowest BCUT2D eigenvalue weighted by Gasteiger charge is -2.32. The highest BCUT2D eigenvalue weighted by Gasteiger charge is 2.36. The van der Waals surface area contributed by atoms with E-state index in [1.54, 1.807) is 6.20 Å². The predicted octanol–water partition coefficient (Wildman–Crippen LogP) is 3.64. The summed E-state index contributed by atoms with van der Waals surface area (Å²) in [5.41, 5.74) is 2.77. The van der Waals surface area contributed by atoms with Gasteiger partial charge in [-0.3, -0.25) is 14.3 Å². The standard InChI is InChI=1S/C26H28N6O3/c1-15-12-17(4-7-20(15)26(34)31-13-18-5-6-19(14-31)35-18)29-24-23-22(9-11-28-25(23)33)32(30-24)21(8-10-27)16-2-3-16/h4,7,9,11-12,16,18-19,21H,2-3,5-6,8,13-14H2,1H3,(H,28,33)(H,29,30). The predicted molar refractivity (Wildman–Crippen MR) is 131 cm³/mol. The van der Waals surface area contributed by atoms with Gasteiger partial charge in [0, 0.05) is 30.5 Å². The first-order valence-corrected chi connectivity index (χ1v) is 12.3. The van der Waals surface area contributed by atoms with Gasteiger partial charge in [-0.2, -0.15) is 10.4 Å². The number of aromatic nitrogens is 3. The van der Waals surface area contributed by atoms with Crippen molar-refractivity contribution in [2.75, 3.05) is 18.4 Å². The van der Waals surface area contributed by atoms with Crippen LogP contribution in [0, 0.1) is 24.2 Å². The van der Waals surface area contributed by atoms with Crippen LogP contribution >= 0.6 is 0 Å². The molecule has 0 spiro atoms. The summed E-state index contributed by atoms with van der Waals surface area (Å²) in [6.45, 7) is 3.21. The van der Waals surface area contributed by atoms with Crippen LogP contribution in [0.25, 0.3) is 10.9 Å². The molecule has 180 valence electrons. The second-order valence-corrected chi connectivity index (χ2v) is 9.95. The van der Waals surface area contributed by atoms with Gasteiger partial charge in [0.05, 0.1) is 36.3 Å². The van der Waals surface area contributed by atoms with Gasteiger partial charge in [-0.15, -0.1) is 0 Å². The molecule has 4 heterocycles. The van der Waals surface area contributed by atoms with Crippen molar-refractivity contribution in [3.8, 4) is 6.07 Å². The topological polar surface area (TPSA) is 116 Å². The quantitative estimate of drug-likeness (QED) is 0.566. The number of benzene rings is 1. The van der Waals surface area contributed by atoms with E-state index in [0.717, 1.165) is 36.9 Å². The van der Waals surface area contributed by atoms with Gasteiger partial charge in [0.15, 0.2) is 5.82 Å². The highest BCUT2D eigenvalue weighted by atomic mass is 16.5. The molecule has 3 aliphatic rings. The summed E-state index contributed by atoms with van der Waals surface area (Å²) in [5, 5.41) is 17.9. The molecular formula is C26H28N6O3. The number of anilines is 2. The van der Waals surface area contributed by atoms with E-state index >= 15 is 0 Å². The summed E-state index contributed by atoms with van der Waals surface area (Å²) in [7, 11) is 0. The highest BCUT2D eigenvalue weighted by Crippen LogP contribution is 2.43. The molecule has 3 fully saturated rings. The van der Waals surface area contributed by atoms with E-state index in [1.165, 1.54) is 0 Å². The molecule has 2 bridgehead atoms. The van der Waals surface area contributed by atoms with E-state index < -0.39 is 0 Å². The van der Waals surface area contributed by atoms with E-state index in [9.17, 15) is 14.9 Å². The first-order valence-electron chi connectivity index (χ1n) is 12.3. The van der Waals surface area contributed by atoms with E-state index in [-0.39, 0.29) is 29.7 Å². The Labute approximate surface area is 202 Å². The first-order chi connectivity index (χ1) is 17.0. The van der Waals surface area contributed by atoms with Gasteiger partial charge >= 0.3 is 0 Å². The lowest BCUT2D eigenvalue weighted by molar-refractivity contribution is -0.0303. The van der Waals surface area contributed by atoms with Gasteiger partial charge in [0.25, 0.3) is 11.5 Å². The number of nitrogens with zero attached hydrogens (tertiary/aromatic N) is 4. The zero-order valence-electron chi connectivity index (χ0n) is 19.7. The second-order valence-electron chi connectivity index (χ2n) is 9.95. The Balaban J connectivity index is 1.29. The molecular weight excluding hydrogens is 444 g/mol. The number of hydrogen-bond donors (Lipinski definition) is 2. The van der Waals surface area contributed by atoms with Crippen molar-refractivity contribution in [2.45, 2.75) is 57.3 Å². The first kappa shape index (κ1) is 21.9. The molecule has 3 unspecified atom stereocenters. The van der Waals surface area contributed by atoms with Gasteiger partial charge in [0.1, 0.15) is 5.39 Å². The SMILES string of the molecule is Cc1cc(Nc2nn(C(CC#N)C3CC3)c3cc[nH]c(=O)c23)ccc1C(=O)N1CC2CCC(C1)O2. The number of amides is 1. The number of rotatable bonds is 6. The van der Waals surface area contributed by atoms with Crippen molar-refractivity contribution in [2.24, 2.45) is 5.92 Å². The van der Waals surface area contributed by atoms with Crippen LogP contribution in [0.1, 0.15) is 54.1 Å². The minimum atomic E-state index is -0.228. The number of fused-ring (bicyclic) bond motifs is 3. The number of H-pyrrole nitrogens is 1. The molecule has 9 nitrogen and oxygen atoms in total. The van der Waals surface area contributed by atoms with Crippen molar-refractivity contribution in [1.82, 2.24) is 19.7 Å². The number of carbonyl (C=O) groups is 1. The van der Waals surface area contributed by atoms with Crippen molar-refractivity contribution < 1.29 is 9.53 Å². The van der Waals surface area contributed by atoms with Crippen LogP contribution in [-0.2, 0) is 4.74 Å². The van der Waals surface area contributed by atoms with Gasteiger partial charge in [0.2, 0.25) is 0 Å². The lowest BCUT2D eigenvalue weighted by Crippen LogP contribution is -2.46. The average Bonchev–Trinajstić information content (AvgIpc) is 3.55. The molecule has 2 saturated heterocycles. The minimum absolute atomic E-state index is 0.0317. The largest absolute Gasteiger partial charge is 0.371 e. The number of ether oxygens (including phenoxy) is 1. The van der Waals surface area contributed by atoms with Crippen molar-refractivity contribution in [3.05, 3.63) is 51.9 Å². The van der Waals surface area contributed by atoms with Crippen LogP contribution in [0.15, 0.2) is 35.3 Å². The molecule has 9 heteroatoms. The van der Waals surface area contributed by atoms with Crippen LogP contribution in [0.5, 0.6) is 0 Å². The van der Waals surface area contributed by atoms with Crippen LogP contribution < -0.4 is 10.9 Å². The number of nitriles is 1. The molecule has 6 rings (SSSR count). The van der Waals surface area contributed by atoms with Crippen LogP contribution in [0.2, 0.25) is 0 Å². The Morgan fingerprint density at radius 3 is 2.71 bits per heavy atom. The normalized spacial score (nSPS) is 22.2. The molecule has 3 aromatic rings. The monoisotopic (exact) mass is 472 g/mol. The number of likely N-dealkylation sites (tertiary alicyclic amines) is 1. The van der Waals surface area contributed by atoms with Gasteiger partial charge in [-0.05, 0) is 68.4 Å². The molecule has 35 heavy (non-hydrogen) atoms. The summed E-state index contributed by atoms with van der Waals surface area (Å²) in [6.07, 6.45) is 6.45. The van der Waals surface area contributed by atoms with E-state index in [2.05, 4.69) is 16.4 Å². The van der Waals surface area contributed by atoms with Crippen LogP contribution in [0.3, 0.4) is 0 Å². The summed E-state index contributed by atoms with van der Waals surface area (Å²) < 4.78 is 7.71. The molecule has 2 aliphatic heterocycles. The fourth-order valence-corrected chi connectivity index (χ4v) is 5.54. The molecule has 1 aliphatic carbocycles. The van der Waals surface area contributed by atoms with Gasteiger partial charge < -0.3 is 19.9 Å². The maximum absolute atomic E-state index is 13.2. The second kappa shape index (κ2) is 8.54. The molecule has 2 aromatic heterocycles. The average molecular weight is 473 g/mol. The van der Waals surface area contributed by atoms with E-state index in [1.807, 2.05) is 40.8 Å². The number of morpholine rings is 1. The number of nitrogens with one attached hydrogen (secondary N) is 2. The molecule has 2 N–H and O–H groups in total. The maximum atomic E-state index is 13.2. The fourth-order valence-electron chi connectivity index (χ4n) is 5.54. The van der Waals surface area contributed by atoms with Crippen molar-refractivity contribution in [1.29, 1.82) is 5.26 Å². The Morgan fingerprint density at radius 1 is 1.26 bits per heavy atom. The number of carbonyl (C=O) groups excluding carboxylic acids is 1. The van der Waals surface area contributed by atoms with Gasteiger partial charge in [-0.25, -0.2) is 0 Å². The lowest BCUT2D eigenvalue weighted by atomic mass is 10.1.